The number of nitrogens with zero attached hydrogens (tertiary/aromatic N) is 3. The summed E-state index contributed by atoms with van der Waals surface area (Å²) in [6.07, 6.45) is 1.74. The highest BCUT2D eigenvalue weighted by Gasteiger charge is 2.12. The Balaban J connectivity index is 2.01. The molecule has 3 heterocycles. The molecule has 1 N–H and O–H groups in total. The summed E-state index contributed by atoms with van der Waals surface area (Å²) >= 11 is 5.98. The first-order valence-corrected chi connectivity index (χ1v) is 6.46. The lowest BCUT2D eigenvalue weighted by Gasteiger charge is -1.97. The van der Waals surface area contributed by atoms with E-state index in [9.17, 15) is 0 Å². The molecule has 0 atom stereocenters. The van der Waals surface area contributed by atoms with Gasteiger partial charge in [0.1, 0.15) is 5.52 Å². The van der Waals surface area contributed by atoms with E-state index in [2.05, 4.69) is 20.1 Å². The number of fused-ring (bicyclic) bond motifs is 3. The van der Waals surface area contributed by atoms with Crippen LogP contribution in [0.4, 0.5) is 0 Å². The van der Waals surface area contributed by atoms with Crippen molar-refractivity contribution in [3.63, 3.8) is 0 Å². The Bertz CT molecular complexity index is 941. The summed E-state index contributed by atoms with van der Waals surface area (Å²) in [7, 11) is 0. The second kappa shape index (κ2) is 4.05. The molecule has 0 unspecified atom stereocenters. The first kappa shape index (κ1) is 11.4. The van der Waals surface area contributed by atoms with Crippen LogP contribution in [0.1, 0.15) is 5.69 Å². The number of halogens is 1. The van der Waals surface area contributed by atoms with Crippen molar-refractivity contribution in [3.8, 4) is 11.6 Å². The van der Waals surface area contributed by atoms with Crippen LogP contribution < -0.4 is 0 Å². The summed E-state index contributed by atoms with van der Waals surface area (Å²) < 4.78 is 5.23. The maximum absolute atomic E-state index is 5.98. The van der Waals surface area contributed by atoms with Crippen molar-refractivity contribution >= 4 is 33.5 Å². The third kappa shape index (κ3) is 1.67. The average molecular weight is 285 g/mol. The third-order valence-electron chi connectivity index (χ3n) is 3.14. The molecule has 0 aliphatic rings. The molecule has 98 valence electrons. The van der Waals surface area contributed by atoms with E-state index in [0.717, 1.165) is 27.6 Å². The lowest BCUT2D eigenvalue weighted by molar-refractivity contribution is 0.425. The number of imidazole rings is 1. The van der Waals surface area contributed by atoms with Crippen LogP contribution in [-0.2, 0) is 0 Å². The molecule has 1 aromatic carbocycles. The van der Waals surface area contributed by atoms with Crippen molar-refractivity contribution < 1.29 is 4.52 Å². The van der Waals surface area contributed by atoms with Crippen LogP contribution in [0.2, 0.25) is 5.02 Å². The van der Waals surface area contributed by atoms with Crippen molar-refractivity contribution in [2.45, 2.75) is 6.92 Å². The Labute approximate surface area is 118 Å². The number of benzene rings is 1. The molecule has 0 spiro atoms. The summed E-state index contributed by atoms with van der Waals surface area (Å²) in [5.74, 6) is 1.26. The second-order valence-electron chi connectivity index (χ2n) is 4.60. The fourth-order valence-corrected chi connectivity index (χ4v) is 2.39. The lowest BCUT2D eigenvalue weighted by Crippen LogP contribution is -1.80. The minimum Gasteiger partial charge on any atom is -0.353 e. The van der Waals surface area contributed by atoms with Crippen LogP contribution in [-0.4, -0.2) is 20.1 Å². The number of H-pyrrole nitrogens is 1. The average Bonchev–Trinajstić information content (AvgIpc) is 3.03. The minimum atomic E-state index is 0.612. The van der Waals surface area contributed by atoms with Crippen molar-refractivity contribution in [1.82, 2.24) is 20.1 Å². The van der Waals surface area contributed by atoms with Crippen LogP contribution in [0.3, 0.4) is 0 Å². The summed E-state index contributed by atoms with van der Waals surface area (Å²) in [6, 6.07) is 7.41. The molecule has 0 aliphatic carbocycles. The van der Waals surface area contributed by atoms with E-state index in [-0.39, 0.29) is 0 Å². The molecule has 0 radical (unpaired) electrons. The largest absolute Gasteiger partial charge is 0.353 e. The Kier molecular flexibility index (Phi) is 2.31. The topological polar surface area (TPSA) is 67.6 Å². The zero-order chi connectivity index (χ0) is 13.7. The van der Waals surface area contributed by atoms with Gasteiger partial charge >= 0.3 is 0 Å². The Morgan fingerprint density at radius 2 is 2.15 bits per heavy atom. The van der Waals surface area contributed by atoms with Gasteiger partial charge in [-0.05, 0) is 25.1 Å². The Morgan fingerprint density at radius 1 is 1.25 bits per heavy atom. The number of aromatic amines is 1. The van der Waals surface area contributed by atoms with Gasteiger partial charge in [0, 0.05) is 16.5 Å². The van der Waals surface area contributed by atoms with E-state index in [4.69, 9.17) is 16.1 Å². The van der Waals surface area contributed by atoms with E-state index >= 15 is 0 Å². The zero-order valence-corrected chi connectivity index (χ0v) is 11.3. The summed E-state index contributed by atoms with van der Waals surface area (Å²) in [4.78, 5) is 12.2. The van der Waals surface area contributed by atoms with E-state index in [0.29, 0.717) is 16.6 Å². The number of hydrogen-bond acceptors (Lipinski definition) is 4. The fourth-order valence-electron chi connectivity index (χ4n) is 2.22. The number of aromatic nitrogens is 4. The summed E-state index contributed by atoms with van der Waals surface area (Å²) in [6.45, 7) is 1.87. The molecule has 4 rings (SSSR count). The molecule has 0 aliphatic heterocycles. The third-order valence-corrected chi connectivity index (χ3v) is 3.38. The standard InChI is InChI=1S/C14H9ClN4O/c1-7-4-12(20-19-7)14-17-11-6-16-10-5-8(15)2-3-9(10)13(11)18-14/h2-6H,1H3,(H,17,18). The van der Waals surface area contributed by atoms with E-state index in [1.807, 2.05) is 31.2 Å². The van der Waals surface area contributed by atoms with Crippen molar-refractivity contribution in [3.05, 3.63) is 41.2 Å². The molecule has 0 bridgehead atoms. The number of aryl methyl sites for hydroxylation is 1. The van der Waals surface area contributed by atoms with Gasteiger partial charge in [-0.15, -0.1) is 0 Å². The Hall–Kier alpha value is -2.40. The van der Waals surface area contributed by atoms with Crippen LogP contribution >= 0.6 is 11.6 Å². The van der Waals surface area contributed by atoms with Gasteiger partial charge in [-0.1, -0.05) is 16.8 Å². The molecule has 0 saturated heterocycles. The molecule has 6 heteroatoms. The summed E-state index contributed by atoms with van der Waals surface area (Å²) in [5.41, 5.74) is 3.33. The molecule has 4 aromatic rings. The monoisotopic (exact) mass is 284 g/mol. The number of pyridine rings is 1. The van der Waals surface area contributed by atoms with Crippen LogP contribution in [0, 0.1) is 6.92 Å². The van der Waals surface area contributed by atoms with Crippen molar-refractivity contribution in [2.24, 2.45) is 0 Å². The van der Waals surface area contributed by atoms with Crippen molar-refractivity contribution in [2.75, 3.05) is 0 Å². The first-order chi connectivity index (χ1) is 9.70. The number of rotatable bonds is 1. The highest BCUT2D eigenvalue weighted by Crippen LogP contribution is 2.27. The molecule has 0 saturated carbocycles. The fraction of sp³-hybridized carbons (Fsp3) is 0.0714. The van der Waals surface area contributed by atoms with Crippen molar-refractivity contribution in [1.29, 1.82) is 0 Å². The van der Waals surface area contributed by atoms with Gasteiger partial charge in [0.15, 0.2) is 5.82 Å². The van der Waals surface area contributed by atoms with Gasteiger partial charge in [0.2, 0.25) is 5.76 Å². The highest BCUT2D eigenvalue weighted by atomic mass is 35.5. The molecular weight excluding hydrogens is 276 g/mol. The quantitative estimate of drug-likeness (QED) is 0.578. The second-order valence-corrected chi connectivity index (χ2v) is 5.04. The maximum Gasteiger partial charge on any atom is 0.202 e. The molecule has 0 fully saturated rings. The van der Waals surface area contributed by atoms with E-state index < -0.39 is 0 Å². The first-order valence-electron chi connectivity index (χ1n) is 6.08. The van der Waals surface area contributed by atoms with Gasteiger partial charge in [-0.25, -0.2) is 4.98 Å². The highest BCUT2D eigenvalue weighted by molar-refractivity contribution is 6.31. The van der Waals surface area contributed by atoms with E-state index in [1.54, 1.807) is 6.20 Å². The lowest BCUT2D eigenvalue weighted by atomic mass is 10.2. The maximum atomic E-state index is 5.98. The van der Waals surface area contributed by atoms with Gasteiger partial charge in [-0.2, -0.15) is 0 Å². The van der Waals surface area contributed by atoms with E-state index in [1.165, 1.54) is 0 Å². The van der Waals surface area contributed by atoms with Crippen LogP contribution in [0.15, 0.2) is 35.0 Å². The predicted octanol–water partition coefficient (Wildman–Crippen LogP) is 3.73. The van der Waals surface area contributed by atoms with Gasteiger partial charge < -0.3 is 9.51 Å². The number of hydrogen-bond donors (Lipinski definition) is 1. The van der Waals surface area contributed by atoms with Crippen LogP contribution in [0.5, 0.6) is 0 Å². The Morgan fingerprint density at radius 3 is 2.95 bits per heavy atom. The molecule has 5 nitrogen and oxygen atoms in total. The van der Waals surface area contributed by atoms with Gasteiger partial charge in [0.25, 0.3) is 0 Å². The van der Waals surface area contributed by atoms with Gasteiger partial charge in [0.05, 0.1) is 22.9 Å². The van der Waals surface area contributed by atoms with Crippen LogP contribution in [0.25, 0.3) is 33.5 Å². The molecule has 20 heavy (non-hydrogen) atoms. The number of nitrogens with one attached hydrogen (secondary N) is 1. The normalized spacial score (nSPS) is 11.5. The summed E-state index contributed by atoms with van der Waals surface area (Å²) in [5, 5.41) is 5.48. The van der Waals surface area contributed by atoms with Gasteiger partial charge in [-0.3, -0.25) is 4.98 Å². The molecule has 0 amide bonds. The smallest absolute Gasteiger partial charge is 0.202 e. The SMILES string of the molecule is Cc1cc(-c2nc3c(cnc4cc(Cl)ccc43)[nH]2)on1. The molecule has 3 aromatic heterocycles. The molecular formula is C14H9ClN4O. The predicted molar refractivity (Wildman–Crippen MR) is 76.6 cm³/mol. The zero-order valence-electron chi connectivity index (χ0n) is 10.5. The minimum absolute atomic E-state index is 0.612.